The Labute approximate surface area is 169 Å². The summed E-state index contributed by atoms with van der Waals surface area (Å²) in [7, 11) is 1.91. The first-order valence-corrected chi connectivity index (χ1v) is 10.5. The van der Waals surface area contributed by atoms with E-state index in [4.69, 9.17) is 5.73 Å². The number of aromatic nitrogens is 3. The lowest BCUT2D eigenvalue weighted by Crippen LogP contribution is -2.46. The largest absolute Gasteiger partial charge is 0.375 e. The number of piperidine rings is 1. The molecule has 2 aromatic heterocycles. The maximum absolute atomic E-state index is 12.8. The molecule has 0 aliphatic carbocycles. The number of likely N-dealkylation sites (tertiary alicyclic amines) is 1. The quantitative estimate of drug-likeness (QED) is 0.720. The molecule has 0 radical (unpaired) electrons. The highest BCUT2D eigenvalue weighted by atomic mass is 32.1. The lowest BCUT2D eigenvalue weighted by Gasteiger charge is -2.41. The number of thiazole rings is 1. The molecule has 146 valence electrons. The van der Waals surface area contributed by atoms with E-state index in [-0.39, 0.29) is 11.3 Å². The van der Waals surface area contributed by atoms with Gasteiger partial charge in [0.25, 0.3) is 0 Å². The van der Waals surface area contributed by atoms with Gasteiger partial charge in [-0.05, 0) is 30.9 Å². The van der Waals surface area contributed by atoms with Crippen molar-refractivity contribution in [3.63, 3.8) is 0 Å². The molecule has 1 aromatic carbocycles. The van der Waals surface area contributed by atoms with E-state index in [1.165, 1.54) is 16.9 Å². The second-order valence-corrected chi connectivity index (χ2v) is 8.24. The molecular weight excluding hydrogens is 370 g/mol. The summed E-state index contributed by atoms with van der Waals surface area (Å²) in [4.78, 5) is 19.4. The molecule has 0 spiro atoms. The van der Waals surface area contributed by atoms with Crippen molar-refractivity contribution >= 4 is 22.4 Å². The molecule has 1 amide bonds. The van der Waals surface area contributed by atoms with Gasteiger partial charge < -0.3 is 10.6 Å². The third kappa shape index (κ3) is 3.54. The van der Waals surface area contributed by atoms with Crippen LogP contribution in [0.1, 0.15) is 36.2 Å². The molecular formula is C21H25N5OS. The van der Waals surface area contributed by atoms with Gasteiger partial charge in [-0.15, -0.1) is 11.3 Å². The molecule has 6 nitrogen and oxygen atoms in total. The normalized spacial score (nSPS) is 16.2. The Balaban J connectivity index is 1.48. The molecule has 0 unspecified atom stereocenters. The predicted octanol–water partition coefficient (Wildman–Crippen LogP) is 3.00. The summed E-state index contributed by atoms with van der Waals surface area (Å²) in [5.41, 5.74) is 9.13. The van der Waals surface area contributed by atoms with Crippen molar-refractivity contribution in [1.82, 2.24) is 19.7 Å². The first-order valence-electron chi connectivity index (χ1n) is 9.60. The Kier molecular flexibility index (Phi) is 5.17. The molecule has 1 aliphatic rings. The van der Waals surface area contributed by atoms with Crippen LogP contribution in [0.25, 0.3) is 0 Å². The molecule has 1 saturated heterocycles. The standard InChI is InChI=1S/C21H25N5OS/c1-25-17(9-12-23-25)7-8-19(27)26-13-10-21(11-14-26,16-5-3-2-4-6-16)18-15-28-20(22)24-18/h2-6,9,12,15H,7-8,10-11,13-14H2,1H3,(H2,22,24). The number of carbonyl (C=O) groups is 1. The van der Waals surface area contributed by atoms with E-state index in [1.54, 1.807) is 6.20 Å². The van der Waals surface area contributed by atoms with Crippen LogP contribution in [-0.2, 0) is 23.7 Å². The Morgan fingerprint density at radius 3 is 2.57 bits per heavy atom. The highest BCUT2D eigenvalue weighted by Crippen LogP contribution is 2.42. The first-order chi connectivity index (χ1) is 13.6. The number of hydrogen-bond acceptors (Lipinski definition) is 5. The minimum absolute atomic E-state index is 0.172. The second-order valence-electron chi connectivity index (χ2n) is 7.35. The van der Waals surface area contributed by atoms with Gasteiger partial charge in [-0.3, -0.25) is 9.48 Å². The van der Waals surface area contributed by atoms with Gasteiger partial charge in [0, 0.05) is 49.2 Å². The number of rotatable bonds is 5. The fourth-order valence-electron chi connectivity index (χ4n) is 4.13. The zero-order chi connectivity index (χ0) is 19.6. The van der Waals surface area contributed by atoms with Crippen LogP contribution in [0.4, 0.5) is 5.13 Å². The number of amides is 1. The van der Waals surface area contributed by atoms with Crippen LogP contribution in [0.5, 0.6) is 0 Å². The third-order valence-corrected chi connectivity index (χ3v) is 6.50. The Morgan fingerprint density at radius 1 is 1.21 bits per heavy atom. The number of nitrogen functional groups attached to an aromatic ring is 1. The first kappa shape index (κ1) is 18.7. The van der Waals surface area contributed by atoms with E-state index < -0.39 is 0 Å². The van der Waals surface area contributed by atoms with Gasteiger partial charge >= 0.3 is 0 Å². The molecule has 1 fully saturated rings. The van der Waals surface area contributed by atoms with Crippen LogP contribution < -0.4 is 5.73 Å². The maximum atomic E-state index is 12.8. The summed E-state index contributed by atoms with van der Waals surface area (Å²) in [6.07, 6.45) is 4.73. The van der Waals surface area contributed by atoms with Gasteiger partial charge in [0.2, 0.25) is 5.91 Å². The summed E-state index contributed by atoms with van der Waals surface area (Å²) in [6, 6.07) is 12.5. The molecule has 3 aromatic rings. The zero-order valence-electron chi connectivity index (χ0n) is 16.0. The van der Waals surface area contributed by atoms with Crippen molar-refractivity contribution in [2.45, 2.75) is 31.1 Å². The average molecular weight is 396 g/mol. The fourth-order valence-corrected chi connectivity index (χ4v) is 4.80. The zero-order valence-corrected chi connectivity index (χ0v) is 16.9. The average Bonchev–Trinajstić information content (AvgIpc) is 3.35. The maximum Gasteiger partial charge on any atom is 0.222 e. The number of hydrogen-bond donors (Lipinski definition) is 1. The van der Waals surface area contributed by atoms with Crippen molar-refractivity contribution < 1.29 is 4.79 Å². The molecule has 4 rings (SSSR count). The lowest BCUT2D eigenvalue weighted by molar-refractivity contribution is -0.132. The van der Waals surface area contributed by atoms with E-state index in [2.05, 4.69) is 39.7 Å². The van der Waals surface area contributed by atoms with Gasteiger partial charge in [0.05, 0.1) is 5.69 Å². The molecule has 0 saturated carbocycles. The van der Waals surface area contributed by atoms with Crippen molar-refractivity contribution in [2.75, 3.05) is 18.8 Å². The van der Waals surface area contributed by atoms with Crippen LogP contribution in [0, 0.1) is 0 Å². The lowest BCUT2D eigenvalue weighted by atomic mass is 9.70. The second kappa shape index (κ2) is 7.75. The van der Waals surface area contributed by atoms with E-state index in [1.807, 2.05) is 28.8 Å². The number of nitrogens with two attached hydrogens (primary N) is 1. The monoisotopic (exact) mass is 395 g/mol. The smallest absolute Gasteiger partial charge is 0.222 e. The SMILES string of the molecule is Cn1nccc1CCC(=O)N1CCC(c2ccccc2)(c2csc(N)n2)CC1. The van der Waals surface area contributed by atoms with Crippen molar-refractivity contribution in [2.24, 2.45) is 7.05 Å². The van der Waals surface area contributed by atoms with E-state index in [0.29, 0.717) is 11.6 Å². The minimum Gasteiger partial charge on any atom is -0.375 e. The Bertz CT molecular complexity index is 941. The number of benzene rings is 1. The highest BCUT2D eigenvalue weighted by Gasteiger charge is 2.40. The number of anilines is 1. The van der Waals surface area contributed by atoms with E-state index in [0.717, 1.165) is 43.7 Å². The Morgan fingerprint density at radius 2 is 1.96 bits per heavy atom. The van der Waals surface area contributed by atoms with Gasteiger partial charge in [-0.1, -0.05) is 30.3 Å². The molecule has 28 heavy (non-hydrogen) atoms. The molecule has 0 bridgehead atoms. The van der Waals surface area contributed by atoms with E-state index >= 15 is 0 Å². The minimum atomic E-state index is -0.172. The molecule has 0 atom stereocenters. The summed E-state index contributed by atoms with van der Waals surface area (Å²) < 4.78 is 1.83. The predicted molar refractivity (Wildman–Crippen MR) is 111 cm³/mol. The third-order valence-electron chi connectivity index (χ3n) is 5.83. The van der Waals surface area contributed by atoms with Crippen LogP contribution in [0.15, 0.2) is 48.0 Å². The Hall–Kier alpha value is -2.67. The number of aryl methyl sites for hydroxylation is 2. The van der Waals surface area contributed by atoms with Crippen molar-refractivity contribution in [1.29, 1.82) is 0 Å². The van der Waals surface area contributed by atoms with Crippen LogP contribution >= 0.6 is 11.3 Å². The summed E-state index contributed by atoms with van der Waals surface area (Å²) in [5, 5.41) is 6.84. The van der Waals surface area contributed by atoms with Crippen molar-refractivity contribution in [3.8, 4) is 0 Å². The van der Waals surface area contributed by atoms with E-state index in [9.17, 15) is 4.79 Å². The van der Waals surface area contributed by atoms with Gasteiger partial charge in [-0.25, -0.2) is 4.98 Å². The van der Waals surface area contributed by atoms with Crippen LogP contribution in [0.2, 0.25) is 0 Å². The van der Waals surface area contributed by atoms with Gasteiger partial charge in [0.1, 0.15) is 0 Å². The highest BCUT2D eigenvalue weighted by molar-refractivity contribution is 7.13. The summed E-state index contributed by atoms with van der Waals surface area (Å²) in [5.74, 6) is 0.209. The van der Waals surface area contributed by atoms with Gasteiger partial charge in [-0.2, -0.15) is 5.10 Å². The number of nitrogens with zero attached hydrogens (tertiary/aromatic N) is 4. The van der Waals surface area contributed by atoms with Crippen LogP contribution in [0.3, 0.4) is 0 Å². The van der Waals surface area contributed by atoms with Gasteiger partial charge in [0.15, 0.2) is 5.13 Å². The molecule has 1 aliphatic heterocycles. The summed E-state index contributed by atoms with van der Waals surface area (Å²) in [6.45, 7) is 1.47. The fraction of sp³-hybridized carbons (Fsp3) is 0.381. The number of carbonyl (C=O) groups excluding carboxylic acids is 1. The van der Waals surface area contributed by atoms with Crippen LogP contribution in [-0.4, -0.2) is 38.7 Å². The summed E-state index contributed by atoms with van der Waals surface area (Å²) >= 11 is 1.48. The molecule has 2 N–H and O–H groups in total. The molecule has 7 heteroatoms. The molecule has 3 heterocycles. The topological polar surface area (TPSA) is 77.0 Å². The van der Waals surface area contributed by atoms with Crippen molar-refractivity contribution in [3.05, 3.63) is 64.9 Å².